The van der Waals surface area contributed by atoms with Gasteiger partial charge in [-0.1, -0.05) is 24.3 Å². The molecule has 1 aliphatic heterocycles. The maximum Gasteiger partial charge on any atom is 0.409 e. The molecule has 1 fully saturated rings. The van der Waals surface area contributed by atoms with E-state index in [1.165, 1.54) is 5.56 Å². The lowest BCUT2D eigenvalue weighted by molar-refractivity contribution is 0.0963. The standard InChI is InChI=1S/C19H30N4O3/c1-4-26-19(24)23-10-8-17(9-11-23)22-18(20-2)21-13-15-6-5-7-16(12-15)14-25-3/h5-7,12,17H,4,8-11,13-14H2,1-3H3,(H2,20,21,22). The highest BCUT2D eigenvalue weighted by molar-refractivity contribution is 5.80. The number of carbonyl (C=O) groups is 1. The Balaban J connectivity index is 1.78. The van der Waals surface area contributed by atoms with Gasteiger partial charge in [0.05, 0.1) is 13.2 Å². The summed E-state index contributed by atoms with van der Waals surface area (Å²) in [5.74, 6) is 0.775. The van der Waals surface area contributed by atoms with Gasteiger partial charge in [0.15, 0.2) is 5.96 Å². The maximum absolute atomic E-state index is 11.8. The third-order valence-corrected chi connectivity index (χ3v) is 4.35. The molecule has 1 amide bonds. The van der Waals surface area contributed by atoms with Crippen molar-refractivity contribution in [3.63, 3.8) is 0 Å². The summed E-state index contributed by atoms with van der Waals surface area (Å²) in [6, 6.07) is 8.59. The van der Waals surface area contributed by atoms with Gasteiger partial charge in [0.25, 0.3) is 0 Å². The first-order valence-corrected chi connectivity index (χ1v) is 9.12. The van der Waals surface area contributed by atoms with E-state index >= 15 is 0 Å². The summed E-state index contributed by atoms with van der Waals surface area (Å²) in [7, 11) is 3.47. The predicted octanol–water partition coefficient (Wildman–Crippen LogP) is 2.12. The van der Waals surface area contributed by atoms with E-state index in [1.54, 1.807) is 19.1 Å². The second-order valence-electron chi connectivity index (χ2n) is 6.28. The molecule has 0 aliphatic carbocycles. The number of guanidine groups is 1. The van der Waals surface area contributed by atoms with Crippen LogP contribution < -0.4 is 10.6 Å². The van der Waals surface area contributed by atoms with Crippen molar-refractivity contribution in [2.24, 2.45) is 4.99 Å². The van der Waals surface area contributed by atoms with Crippen LogP contribution in [-0.2, 0) is 22.6 Å². The average molecular weight is 362 g/mol. The van der Waals surface area contributed by atoms with Crippen LogP contribution in [0.3, 0.4) is 0 Å². The van der Waals surface area contributed by atoms with Gasteiger partial charge in [0, 0.05) is 39.8 Å². The molecule has 1 aromatic carbocycles. The summed E-state index contributed by atoms with van der Waals surface area (Å²) in [4.78, 5) is 17.8. The molecule has 2 rings (SSSR count). The Bertz CT molecular complexity index is 598. The molecule has 0 bridgehead atoms. The molecule has 0 unspecified atom stereocenters. The normalized spacial score (nSPS) is 15.7. The van der Waals surface area contributed by atoms with Crippen molar-refractivity contribution in [3.8, 4) is 0 Å². The first-order chi connectivity index (χ1) is 12.7. The third-order valence-electron chi connectivity index (χ3n) is 4.35. The van der Waals surface area contributed by atoms with Crippen LogP contribution >= 0.6 is 0 Å². The summed E-state index contributed by atoms with van der Waals surface area (Å²) in [6.07, 6.45) is 1.54. The third kappa shape index (κ3) is 6.22. The fourth-order valence-electron chi connectivity index (χ4n) is 2.99. The van der Waals surface area contributed by atoms with Crippen LogP contribution in [0.1, 0.15) is 30.9 Å². The molecule has 1 aromatic rings. The predicted molar refractivity (Wildman–Crippen MR) is 102 cm³/mol. The molecule has 1 heterocycles. The van der Waals surface area contributed by atoms with Gasteiger partial charge in [0.1, 0.15) is 0 Å². The highest BCUT2D eigenvalue weighted by Gasteiger charge is 2.23. The number of carbonyl (C=O) groups excluding carboxylic acids is 1. The van der Waals surface area contributed by atoms with Crippen molar-refractivity contribution < 1.29 is 14.3 Å². The van der Waals surface area contributed by atoms with E-state index < -0.39 is 0 Å². The number of hydrogen-bond acceptors (Lipinski definition) is 4. The molecule has 1 aliphatic rings. The number of rotatable bonds is 6. The van der Waals surface area contributed by atoms with Gasteiger partial charge in [0.2, 0.25) is 0 Å². The van der Waals surface area contributed by atoms with Crippen molar-refractivity contribution in [2.75, 3.05) is 33.9 Å². The lowest BCUT2D eigenvalue weighted by Crippen LogP contribution is -2.49. The molecule has 0 spiro atoms. The number of ether oxygens (including phenoxy) is 2. The Hall–Kier alpha value is -2.28. The fraction of sp³-hybridized carbons (Fsp3) is 0.579. The number of amides is 1. The molecule has 7 nitrogen and oxygen atoms in total. The molecular weight excluding hydrogens is 332 g/mol. The van der Waals surface area contributed by atoms with Crippen molar-refractivity contribution in [1.82, 2.24) is 15.5 Å². The number of methoxy groups -OCH3 is 1. The quantitative estimate of drug-likeness (QED) is 0.599. The van der Waals surface area contributed by atoms with Crippen LogP contribution in [0.5, 0.6) is 0 Å². The number of nitrogens with zero attached hydrogens (tertiary/aromatic N) is 2. The minimum atomic E-state index is -0.218. The second-order valence-corrected chi connectivity index (χ2v) is 6.28. The topological polar surface area (TPSA) is 75.2 Å². The Morgan fingerprint density at radius 3 is 2.69 bits per heavy atom. The molecule has 0 radical (unpaired) electrons. The summed E-state index contributed by atoms with van der Waals surface area (Å²) < 4.78 is 10.2. The van der Waals surface area contributed by atoms with Crippen molar-refractivity contribution >= 4 is 12.1 Å². The van der Waals surface area contributed by atoms with Crippen LogP contribution in [0.15, 0.2) is 29.3 Å². The highest BCUT2D eigenvalue weighted by Crippen LogP contribution is 2.11. The Morgan fingerprint density at radius 1 is 1.31 bits per heavy atom. The second kappa shape index (κ2) is 10.7. The Morgan fingerprint density at radius 2 is 2.04 bits per heavy atom. The smallest absolute Gasteiger partial charge is 0.409 e. The summed E-state index contributed by atoms with van der Waals surface area (Å²) in [5, 5.41) is 6.79. The van der Waals surface area contributed by atoms with Gasteiger partial charge in [-0.3, -0.25) is 4.99 Å². The van der Waals surface area contributed by atoms with Crippen molar-refractivity contribution in [1.29, 1.82) is 0 Å². The Kier molecular flexibility index (Phi) is 8.21. The fourth-order valence-corrected chi connectivity index (χ4v) is 2.99. The largest absolute Gasteiger partial charge is 0.450 e. The zero-order valence-electron chi connectivity index (χ0n) is 16.0. The van der Waals surface area contributed by atoms with Crippen LogP contribution in [0.25, 0.3) is 0 Å². The Labute approximate surface area is 155 Å². The first kappa shape index (κ1) is 20.0. The molecular formula is C19H30N4O3. The maximum atomic E-state index is 11.8. The van der Waals surface area contributed by atoms with Crippen LogP contribution in [-0.4, -0.2) is 56.8 Å². The zero-order valence-corrected chi connectivity index (χ0v) is 16.0. The molecule has 0 atom stereocenters. The van der Waals surface area contributed by atoms with E-state index in [9.17, 15) is 4.79 Å². The van der Waals surface area contributed by atoms with Crippen LogP contribution in [0, 0.1) is 0 Å². The van der Waals surface area contributed by atoms with Crippen molar-refractivity contribution in [2.45, 2.75) is 39.0 Å². The number of benzene rings is 1. The molecule has 26 heavy (non-hydrogen) atoms. The minimum Gasteiger partial charge on any atom is -0.450 e. The van der Waals surface area contributed by atoms with Crippen LogP contribution in [0.4, 0.5) is 4.79 Å². The molecule has 0 aromatic heterocycles. The SMILES string of the molecule is CCOC(=O)N1CCC(NC(=NC)NCc2cccc(COC)c2)CC1. The number of aliphatic imine (C=N–C) groups is 1. The summed E-state index contributed by atoms with van der Waals surface area (Å²) in [6.45, 7) is 4.95. The number of hydrogen-bond donors (Lipinski definition) is 2. The summed E-state index contributed by atoms with van der Waals surface area (Å²) in [5.41, 5.74) is 2.33. The molecule has 1 saturated heterocycles. The van der Waals surface area contributed by atoms with E-state index in [0.29, 0.717) is 38.9 Å². The lowest BCUT2D eigenvalue weighted by Gasteiger charge is -2.32. The first-order valence-electron chi connectivity index (χ1n) is 9.12. The van der Waals surface area contributed by atoms with Gasteiger partial charge in [-0.2, -0.15) is 0 Å². The molecule has 2 N–H and O–H groups in total. The number of nitrogens with one attached hydrogen (secondary N) is 2. The number of likely N-dealkylation sites (tertiary alicyclic amines) is 1. The average Bonchev–Trinajstić information content (AvgIpc) is 2.66. The van der Waals surface area contributed by atoms with Gasteiger partial charge in [-0.15, -0.1) is 0 Å². The number of piperidine rings is 1. The minimum absolute atomic E-state index is 0.218. The van der Waals surface area contributed by atoms with E-state index in [0.717, 1.165) is 24.4 Å². The van der Waals surface area contributed by atoms with Gasteiger partial charge >= 0.3 is 6.09 Å². The van der Waals surface area contributed by atoms with E-state index in [2.05, 4.69) is 33.8 Å². The molecule has 144 valence electrons. The van der Waals surface area contributed by atoms with Gasteiger partial charge in [-0.05, 0) is 30.9 Å². The highest BCUT2D eigenvalue weighted by atomic mass is 16.6. The van der Waals surface area contributed by atoms with E-state index in [-0.39, 0.29) is 6.09 Å². The van der Waals surface area contributed by atoms with E-state index in [1.807, 2.05) is 13.0 Å². The van der Waals surface area contributed by atoms with Crippen LogP contribution in [0.2, 0.25) is 0 Å². The summed E-state index contributed by atoms with van der Waals surface area (Å²) >= 11 is 0. The van der Waals surface area contributed by atoms with Gasteiger partial charge < -0.3 is 25.0 Å². The lowest BCUT2D eigenvalue weighted by atomic mass is 10.1. The van der Waals surface area contributed by atoms with Crippen molar-refractivity contribution in [3.05, 3.63) is 35.4 Å². The van der Waals surface area contributed by atoms with E-state index in [4.69, 9.17) is 9.47 Å². The monoisotopic (exact) mass is 362 g/mol. The molecule has 0 saturated carbocycles. The zero-order chi connectivity index (χ0) is 18.8. The molecule has 7 heteroatoms. The van der Waals surface area contributed by atoms with Gasteiger partial charge in [-0.25, -0.2) is 4.79 Å².